The minimum Gasteiger partial charge on any atom is -0.482 e. The maximum absolute atomic E-state index is 12.2. The molecule has 3 rings (SSSR count). The van der Waals surface area contributed by atoms with Gasteiger partial charge >= 0.3 is 0 Å². The Labute approximate surface area is 123 Å². The SMILES string of the molecule is N[C@H]1CN(C(=O)COc2ccccc2Cl)C[C@@H]1C1CC1. The molecule has 108 valence electrons. The normalized spacial score (nSPS) is 25.8. The summed E-state index contributed by atoms with van der Waals surface area (Å²) >= 11 is 5.99. The second-order valence-electron chi connectivity index (χ2n) is 5.68. The zero-order valence-corrected chi connectivity index (χ0v) is 12.1. The molecule has 2 atom stereocenters. The van der Waals surface area contributed by atoms with Crippen molar-refractivity contribution in [2.45, 2.75) is 18.9 Å². The van der Waals surface area contributed by atoms with E-state index in [1.807, 2.05) is 17.0 Å². The van der Waals surface area contributed by atoms with Crippen molar-refractivity contribution in [1.82, 2.24) is 4.90 Å². The third kappa shape index (κ3) is 2.91. The first kappa shape index (κ1) is 13.7. The molecule has 1 aromatic rings. The minimum absolute atomic E-state index is 0.0106. The highest BCUT2D eigenvalue weighted by molar-refractivity contribution is 6.32. The van der Waals surface area contributed by atoms with Crippen molar-refractivity contribution in [3.63, 3.8) is 0 Å². The number of carbonyl (C=O) groups is 1. The van der Waals surface area contributed by atoms with Crippen LogP contribution in [0.5, 0.6) is 5.75 Å². The zero-order valence-electron chi connectivity index (χ0n) is 11.3. The molecule has 0 aromatic heterocycles. The van der Waals surface area contributed by atoms with E-state index in [1.54, 1.807) is 12.1 Å². The van der Waals surface area contributed by atoms with Crippen LogP contribution in [0.2, 0.25) is 5.02 Å². The molecule has 0 unspecified atom stereocenters. The van der Waals surface area contributed by atoms with Crippen LogP contribution < -0.4 is 10.5 Å². The average Bonchev–Trinajstić information content (AvgIpc) is 3.20. The molecule has 1 saturated heterocycles. The van der Waals surface area contributed by atoms with Crippen LogP contribution >= 0.6 is 11.6 Å². The predicted octanol–water partition coefficient (Wildman–Crippen LogP) is 1.91. The van der Waals surface area contributed by atoms with Gasteiger partial charge in [0.2, 0.25) is 0 Å². The molecule has 0 bridgehead atoms. The van der Waals surface area contributed by atoms with Gasteiger partial charge in [-0.05, 0) is 36.8 Å². The van der Waals surface area contributed by atoms with Crippen molar-refractivity contribution in [2.75, 3.05) is 19.7 Å². The van der Waals surface area contributed by atoms with E-state index in [4.69, 9.17) is 22.1 Å². The molecule has 2 aliphatic rings. The van der Waals surface area contributed by atoms with Gasteiger partial charge in [0.25, 0.3) is 5.91 Å². The monoisotopic (exact) mass is 294 g/mol. The summed E-state index contributed by atoms with van der Waals surface area (Å²) in [4.78, 5) is 14.0. The molecule has 1 aliphatic heterocycles. The number of nitrogens with zero attached hydrogens (tertiary/aromatic N) is 1. The van der Waals surface area contributed by atoms with Crippen LogP contribution in [0, 0.1) is 11.8 Å². The van der Waals surface area contributed by atoms with Crippen molar-refractivity contribution < 1.29 is 9.53 Å². The van der Waals surface area contributed by atoms with E-state index in [9.17, 15) is 4.79 Å². The van der Waals surface area contributed by atoms with Gasteiger partial charge in [-0.1, -0.05) is 23.7 Å². The molecule has 0 radical (unpaired) electrons. The molecular weight excluding hydrogens is 276 g/mol. The summed E-state index contributed by atoms with van der Waals surface area (Å²) in [7, 11) is 0. The first-order chi connectivity index (χ1) is 9.65. The number of benzene rings is 1. The van der Waals surface area contributed by atoms with E-state index in [0.29, 0.717) is 23.2 Å². The Morgan fingerprint density at radius 1 is 1.35 bits per heavy atom. The number of ether oxygens (including phenoxy) is 1. The molecule has 1 amide bonds. The van der Waals surface area contributed by atoms with Crippen LogP contribution in [0.1, 0.15) is 12.8 Å². The van der Waals surface area contributed by atoms with E-state index >= 15 is 0 Å². The molecule has 1 saturated carbocycles. The summed E-state index contributed by atoms with van der Waals surface area (Å²) < 4.78 is 5.49. The lowest BCUT2D eigenvalue weighted by atomic mass is 9.99. The van der Waals surface area contributed by atoms with Crippen molar-refractivity contribution in [2.24, 2.45) is 17.6 Å². The zero-order chi connectivity index (χ0) is 14.1. The highest BCUT2D eigenvalue weighted by Crippen LogP contribution is 2.40. The van der Waals surface area contributed by atoms with Crippen LogP contribution in [-0.4, -0.2) is 36.5 Å². The molecule has 0 spiro atoms. The first-order valence-electron chi connectivity index (χ1n) is 7.06. The van der Waals surface area contributed by atoms with Gasteiger partial charge in [0.15, 0.2) is 6.61 Å². The van der Waals surface area contributed by atoms with E-state index in [0.717, 1.165) is 12.5 Å². The van der Waals surface area contributed by atoms with Gasteiger partial charge in [-0.15, -0.1) is 0 Å². The van der Waals surface area contributed by atoms with Crippen LogP contribution in [0.3, 0.4) is 0 Å². The van der Waals surface area contributed by atoms with Gasteiger partial charge in [-0.2, -0.15) is 0 Å². The van der Waals surface area contributed by atoms with Gasteiger partial charge in [0.05, 0.1) is 5.02 Å². The fourth-order valence-electron chi connectivity index (χ4n) is 2.87. The molecule has 2 N–H and O–H groups in total. The number of halogens is 1. The Bertz CT molecular complexity index is 504. The number of likely N-dealkylation sites (tertiary alicyclic amines) is 1. The van der Waals surface area contributed by atoms with E-state index < -0.39 is 0 Å². The Hall–Kier alpha value is -1.26. The molecule has 20 heavy (non-hydrogen) atoms. The van der Waals surface area contributed by atoms with E-state index in [1.165, 1.54) is 12.8 Å². The van der Waals surface area contributed by atoms with Crippen molar-refractivity contribution >= 4 is 17.5 Å². The Balaban J connectivity index is 1.53. The molecule has 1 aromatic carbocycles. The summed E-state index contributed by atoms with van der Waals surface area (Å²) in [5, 5.41) is 0.522. The topological polar surface area (TPSA) is 55.6 Å². The summed E-state index contributed by atoms with van der Waals surface area (Å²) in [5.74, 6) is 1.74. The maximum atomic E-state index is 12.2. The third-order valence-corrected chi connectivity index (χ3v) is 4.49. The van der Waals surface area contributed by atoms with Gasteiger partial charge in [0, 0.05) is 19.1 Å². The number of carbonyl (C=O) groups excluding carboxylic acids is 1. The van der Waals surface area contributed by atoms with Crippen LogP contribution in [0.4, 0.5) is 0 Å². The Kier molecular flexibility index (Phi) is 3.85. The van der Waals surface area contributed by atoms with E-state index in [2.05, 4.69) is 0 Å². The van der Waals surface area contributed by atoms with Crippen molar-refractivity contribution in [3.8, 4) is 5.75 Å². The quantitative estimate of drug-likeness (QED) is 0.923. The molecule has 2 fully saturated rings. The highest BCUT2D eigenvalue weighted by atomic mass is 35.5. The van der Waals surface area contributed by atoms with Gasteiger partial charge < -0.3 is 15.4 Å². The number of hydrogen-bond acceptors (Lipinski definition) is 3. The standard InChI is InChI=1S/C15H19ClN2O2/c16-12-3-1-2-4-14(12)20-9-15(19)18-7-11(10-5-6-10)13(17)8-18/h1-4,10-11,13H,5-9,17H2/t11-,13+/m1/s1. The highest BCUT2D eigenvalue weighted by Gasteiger charge is 2.42. The molecule has 1 aliphatic carbocycles. The van der Waals surface area contributed by atoms with Crippen LogP contribution in [0.15, 0.2) is 24.3 Å². The van der Waals surface area contributed by atoms with Crippen molar-refractivity contribution in [3.05, 3.63) is 29.3 Å². The Morgan fingerprint density at radius 2 is 2.10 bits per heavy atom. The van der Waals surface area contributed by atoms with Gasteiger partial charge in [0.1, 0.15) is 5.75 Å². The molecule has 1 heterocycles. The predicted molar refractivity (Wildman–Crippen MR) is 77.7 cm³/mol. The fraction of sp³-hybridized carbons (Fsp3) is 0.533. The van der Waals surface area contributed by atoms with Crippen molar-refractivity contribution in [1.29, 1.82) is 0 Å². The number of para-hydroxylation sites is 1. The van der Waals surface area contributed by atoms with Gasteiger partial charge in [-0.25, -0.2) is 0 Å². The summed E-state index contributed by atoms with van der Waals surface area (Å²) in [6.07, 6.45) is 2.52. The largest absolute Gasteiger partial charge is 0.482 e. The number of rotatable bonds is 4. The Morgan fingerprint density at radius 3 is 2.80 bits per heavy atom. The van der Waals surface area contributed by atoms with E-state index in [-0.39, 0.29) is 18.6 Å². The second-order valence-corrected chi connectivity index (χ2v) is 6.09. The number of amides is 1. The lowest BCUT2D eigenvalue weighted by Gasteiger charge is -2.17. The van der Waals surface area contributed by atoms with Crippen LogP contribution in [-0.2, 0) is 4.79 Å². The average molecular weight is 295 g/mol. The lowest BCUT2D eigenvalue weighted by molar-refractivity contribution is -0.132. The summed E-state index contributed by atoms with van der Waals surface area (Å²) in [6.45, 7) is 1.44. The molecular formula is C15H19ClN2O2. The van der Waals surface area contributed by atoms with Crippen LogP contribution in [0.25, 0.3) is 0 Å². The molecule has 5 heteroatoms. The summed E-state index contributed by atoms with van der Waals surface area (Å²) in [6, 6.07) is 7.29. The smallest absolute Gasteiger partial charge is 0.260 e. The number of nitrogens with two attached hydrogens (primary N) is 1. The first-order valence-corrected chi connectivity index (χ1v) is 7.43. The maximum Gasteiger partial charge on any atom is 0.260 e. The second kappa shape index (κ2) is 5.62. The third-order valence-electron chi connectivity index (χ3n) is 4.18. The summed E-state index contributed by atoms with van der Waals surface area (Å²) in [5.41, 5.74) is 6.12. The lowest BCUT2D eigenvalue weighted by Crippen LogP contribution is -2.35. The number of hydrogen-bond donors (Lipinski definition) is 1. The fourth-order valence-corrected chi connectivity index (χ4v) is 3.06. The molecule has 4 nitrogen and oxygen atoms in total. The minimum atomic E-state index is -0.0106. The van der Waals surface area contributed by atoms with Gasteiger partial charge in [-0.3, -0.25) is 4.79 Å².